The molecule has 3 rings (SSSR count). The Kier molecular flexibility index (Phi) is 3.85. The average Bonchev–Trinajstić information content (AvgIpc) is 3.18. The molecule has 0 saturated heterocycles. The fourth-order valence-electron chi connectivity index (χ4n) is 1.47. The van der Waals surface area contributed by atoms with Gasteiger partial charge in [0.15, 0.2) is 11.8 Å². The van der Waals surface area contributed by atoms with E-state index in [1.165, 1.54) is 12.8 Å². The molecule has 6 nitrogen and oxygen atoms in total. The lowest BCUT2D eigenvalue weighted by atomic mass is 10.4. The maximum atomic E-state index is 5.69. The van der Waals surface area contributed by atoms with Gasteiger partial charge in [-0.2, -0.15) is 4.98 Å². The van der Waals surface area contributed by atoms with Crippen LogP contribution in [0.25, 0.3) is 0 Å². The summed E-state index contributed by atoms with van der Waals surface area (Å²) in [5.41, 5.74) is 5.69. The number of hydrogen-bond acceptors (Lipinski definition) is 4. The fourth-order valence-corrected chi connectivity index (χ4v) is 1.47. The molecule has 0 aliphatic heterocycles. The molecule has 0 aromatic carbocycles. The maximum absolute atomic E-state index is 5.69. The van der Waals surface area contributed by atoms with Crippen molar-refractivity contribution in [1.82, 2.24) is 15.5 Å². The maximum Gasteiger partial charge on any atom is 0.229 e. The van der Waals surface area contributed by atoms with Gasteiger partial charge in [0.05, 0.1) is 0 Å². The third kappa shape index (κ3) is 3.55. The number of aromatic nitrogens is 2. The van der Waals surface area contributed by atoms with E-state index in [1.807, 2.05) is 0 Å². The van der Waals surface area contributed by atoms with Crippen LogP contribution in [-0.4, -0.2) is 22.1 Å². The van der Waals surface area contributed by atoms with Crippen LogP contribution in [0.5, 0.6) is 0 Å². The Bertz CT molecular complexity index is 411. The Morgan fingerprint density at radius 3 is 2.82 bits per heavy atom. The van der Waals surface area contributed by atoms with Crippen LogP contribution in [-0.2, 0) is 6.54 Å². The van der Waals surface area contributed by atoms with Gasteiger partial charge >= 0.3 is 0 Å². The largest absolute Gasteiger partial charge is 0.370 e. The molecule has 0 unspecified atom stereocenters. The van der Waals surface area contributed by atoms with E-state index in [2.05, 4.69) is 20.4 Å². The molecule has 0 radical (unpaired) electrons. The van der Waals surface area contributed by atoms with Crippen molar-refractivity contribution in [3.05, 3.63) is 11.7 Å². The summed E-state index contributed by atoms with van der Waals surface area (Å²) in [4.78, 5) is 8.44. The van der Waals surface area contributed by atoms with Crippen LogP contribution in [0.1, 0.15) is 43.3 Å². The van der Waals surface area contributed by atoms with Crippen molar-refractivity contribution < 1.29 is 4.52 Å². The van der Waals surface area contributed by atoms with Crippen LogP contribution in [0.2, 0.25) is 0 Å². The lowest BCUT2D eigenvalue weighted by Crippen LogP contribution is -2.33. The molecule has 0 amide bonds. The van der Waals surface area contributed by atoms with E-state index in [0.717, 1.165) is 18.7 Å². The van der Waals surface area contributed by atoms with Gasteiger partial charge in [0.25, 0.3) is 0 Å². The number of rotatable bonds is 4. The van der Waals surface area contributed by atoms with Crippen LogP contribution >= 0.6 is 24.0 Å². The van der Waals surface area contributed by atoms with E-state index in [1.54, 1.807) is 0 Å². The lowest BCUT2D eigenvalue weighted by Gasteiger charge is -2.00. The van der Waals surface area contributed by atoms with Gasteiger partial charge in [-0.05, 0) is 25.7 Å². The Hall–Kier alpha value is -0.860. The van der Waals surface area contributed by atoms with Gasteiger partial charge in [-0.25, -0.2) is 4.99 Å². The highest BCUT2D eigenvalue weighted by atomic mass is 127. The summed E-state index contributed by atoms with van der Waals surface area (Å²) in [6, 6.07) is 0.524. The molecule has 2 aliphatic carbocycles. The van der Waals surface area contributed by atoms with Crippen molar-refractivity contribution >= 4 is 29.9 Å². The molecule has 0 spiro atoms. The summed E-state index contributed by atoms with van der Waals surface area (Å²) >= 11 is 0. The minimum Gasteiger partial charge on any atom is -0.370 e. The zero-order valence-electron chi connectivity index (χ0n) is 9.43. The van der Waals surface area contributed by atoms with E-state index >= 15 is 0 Å². The zero-order chi connectivity index (χ0) is 11.0. The standard InChI is InChI=1S/C10H15N5O.HI/c11-10(13-7-3-4-7)12-5-8-14-9(16-15-8)6-1-2-6;/h6-7H,1-5H2,(H3,11,12,13);1H. The van der Waals surface area contributed by atoms with E-state index in [0.29, 0.717) is 30.3 Å². The number of guanidine groups is 1. The first-order valence-corrected chi connectivity index (χ1v) is 5.70. The molecule has 0 bridgehead atoms. The highest BCUT2D eigenvalue weighted by molar-refractivity contribution is 14.0. The normalized spacial score (nSPS) is 19.9. The van der Waals surface area contributed by atoms with Crippen molar-refractivity contribution in [3.8, 4) is 0 Å². The first-order valence-electron chi connectivity index (χ1n) is 5.70. The second-order valence-electron chi connectivity index (χ2n) is 4.44. The van der Waals surface area contributed by atoms with E-state index in [-0.39, 0.29) is 24.0 Å². The van der Waals surface area contributed by atoms with Crippen molar-refractivity contribution in [2.75, 3.05) is 0 Å². The molecule has 7 heteroatoms. The van der Waals surface area contributed by atoms with Gasteiger partial charge in [-0.1, -0.05) is 5.16 Å². The first kappa shape index (κ1) is 12.6. The smallest absolute Gasteiger partial charge is 0.229 e. The van der Waals surface area contributed by atoms with Gasteiger partial charge in [-0.15, -0.1) is 24.0 Å². The summed E-state index contributed by atoms with van der Waals surface area (Å²) < 4.78 is 5.12. The number of nitrogens with zero attached hydrogens (tertiary/aromatic N) is 3. The summed E-state index contributed by atoms with van der Waals surface area (Å²) in [5.74, 6) is 2.33. The molecular weight excluding hydrogens is 333 g/mol. The average molecular weight is 349 g/mol. The molecule has 1 aromatic heterocycles. The summed E-state index contributed by atoms with van der Waals surface area (Å²) in [6.07, 6.45) is 4.70. The van der Waals surface area contributed by atoms with Crippen LogP contribution in [0.3, 0.4) is 0 Å². The monoisotopic (exact) mass is 349 g/mol. The van der Waals surface area contributed by atoms with Crippen LogP contribution in [0.4, 0.5) is 0 Å². The fraction of sp³-hybridized carbons (Fsp3) is 0.700. The lowest BCUT2D eigenvalue weighted by molar-refractivity contribution is 0.374. The SMILES string of the molecule is I.NC(=NCc1noc(C2CC2)n1)NC1CC1. The molecule has 1 heterocycles. The van der Waals surface area contributed by atoms with E-state index in [9.17, 15) is 0 Å². The first-order chi connectivity index (χ1) is 7.81. The predicted molar refractivity (Wildman–Crippen MR) is 73.2 cm³/mol. The van der Waals surface area contributed by atoms with Gasteiger partial charge in [0.2, 0.25) is 5.89 Å². The van der Waals surface area contributed by atoms with E-state index < -0.39 is 0 Å². The number of aliphatic imine (C=N–C) groups is 1. The summed E-state index contributed by atoms with van der Waals surface area (Å²) in [7, 11) is 0. The minimum atomic E-state index is 0. The van der Waals surface area contributed by atoms with Gasteiger partial charge < -0.3 is 15.6 Å². The van der Waals surface area contributed by atoms with Gasteiger partial charge in [0.1, 0.15) is 6.54 Å². The van der Waals surface area contributed by atoms with Crippen LogP contribution in [0, 0.1) is 0 Å². The number of hydrogen-bond donors (Lipinski definition) is 2. The highest BCUT2D eigenvalue weighted by Gasteiger charge is 2.29. The summed E-state index contributed by atoms with van der Waals surface area (Å²) in [5, 5.41) is 6.98. The minimum absolute atomic E-state index is 0. The topological polar surface area (TPSA) is 89.3 Å². The molecule has 2 aliphatic rings. The van der Waals surface area contributed by atoms with Gasteiger partial charge in [0, 0.05) is 12.0 Å². The Balaban J connectivity index is 0.00000108. The number of halogens is 1. The third-order valence-corrected chi connectivity index (χ3v) is 2.73. The predicted octanol–water partition coefficient (Wildman–Crippen LogP) is 1.13. The number of nitrogens with one attached hydrogen (secondary N) is 1. The Morgan fingerprint density at radius 2 is 2.18 bits per heavy atom. The molecule has 17 heavy (non-hydrogen) atoms. The molecule has 2 saturated carbocycles. The quantitative estimate of drug-likeness (QED) is 0.483. The zero-order valence-corrected chi connectivity index (χ0v) is 11.8. The Morgan fingerprint density at radius 1 is 1.41 bits per heavy atom. The Labute approximate surface area is 116 Å². The van der Waals surface area contributed by atoms with E-state index in [4.69, 9.17) is 10.3 Å². The summed E-state index contributed by atoms with van der Waals surface area (Å²) in [6.45, 7) is 0.391. The molecule has 2 fully saturated rings. The second kappa shape index (κ2) is 5.19. The second-order valence-corrected chi connectivity index (χ2v) is 4.44. The molecular formula is C10H16IN5O. The molecule has 0 atom stereocenters. The third-order valence-electron chi connectivity index (χ3n) is 2.73. The highest BCUT2D eigenvalue weighted by Crippen LogP contribution is 2.38. The van der Waals surface area contributed by atoms with Crippen molar-refractivity contribution in [1.29, 1.82) is 0 Å². The molecule has 1 aromatic rings. The molecule has 94 valence electrons. The molecule has 3 N–H and O–H groups in total. The van der Waals surface area contributed by atoms with Crippen molar-refractivity contribution in [2.24, 2.45) is 10.7 Å². The van der Waals surface area contributed by atoms with Crippen molar-refractivity contribution in [2.45, 2.75) is 44.2 Å². The van der Waals surface area contributed by atoms with Crippen LogP contribution in [0.15, 0.2) is 9.52 Å². The van der Waals surface area contributed by atoms with Crippen LogP contribution < -0.4 is 11.1 Å². The van der Waals surface area contributed by atoms with Crippen molar-refractivity contribution in [3.63, 3.8) is 0 Å². The number of nitrogens with two attached hydrogens (primary N) is 1. The van der Waals surface area contributed by atoms with Gasteiger partial charge in [-0.3, -0.25) is 0 Å².